The van der Waals surface area contributed by atoms with Crippen molar-refractivity contribution in [1.82, 2.24) is 4.90 Å². The molecule has 0 aromatic carbocycles. The summed E-state index contributed by atoms with van der Waals surface area (Å²) in [7, 11) is 3.21. The predicted molar refractivity (Wildman–Crippen MR) is 124 cm³/mol. The molecule has 186 valence electrons. The maximum Gasteiger partial charge on any atom is 0.335 e. The molecule has 1 unspecified atom stereocenters. The van der Waals surface area contributed by atoms with Gasteiger partial charge >= 0.3 is 5.97 Å². The number of allylic oxidation sites excluding steroid dienone is 3. The largest absolute Gasteiger partial charge is 0.428 e. The average Bonchev–Trinajstić information content (AvgIpc) is 3.16. The molecule has 0 aromatic heterocycles. The maximum atomic E-state index is 12.2. The lowest BCUT2D eigenvalue weighted by molar-refractivity contribution is -0.162. The Labute approximate surface area is 196 Å². The van der Waals surface area contributed by atoms with Crippen molar-refractivity contribution >= 4 is 11.9 Å². The SMILES string of the molecule is C/C(=C\C(=O)N(C)C)OC(=O)/C=C/C(O)[C@@H]1[C@H]2OC(C)(C)O[C@H]2C[C@H]1/C=C/CCC[C@H](C)O. The van der Waals surface area contributed by atoms with Crippen molar-refractivity contribution in [3.63, 3.8) is 0 Å². The topological polar surface area (TPSA) is 106 Å². The monoisotopic (exact) mass is 465 g/mol. The van der Waals surface area contributed by atoms with Gasteiger partial charge in [-0.2, -0.15) is 0 Å². The highest BCUT2D eigenvalue weighted by molar-refractivity contribution is 5.88. The molecule has 33 heavy (non-hydrogen) atoms. The molecule has 0 spiro atoms. The van der Waals surface area contributed by atoms with Gasteiger partial charge in [0, 0.05) is 32.2 Å². The molecule has 1 saturated heterocycles. The van der Waals surface area contributed by atoms with Crippen LogP contribution in [-0.4, -0.2) is 71.3 Å². The third-order valence-electron chi connectivity index (χ3n) is 5.83. The van der Waals surface area contributed by atoms with Crippen LogP contribution < -0.4 is 0 Å². The average molecular weight is 466 g/mol. The number of rotatable bonds is 10. The number of aliphatic hydroxyl groups is 2. The first-order valence-electron chi connectivity index (χ1n) is 11.6. The van der Waals surface area contributed by atoms with E-state index in [1.165, 1.54) is 30.1 Å². The summed E-state index contributed by atoms with van der Waals surface area (Å²) >= 11 is 0. The molecule has 1 heterocycles. The summed E-state index contributed by atoms with van der Waals surface area (Å²) in [6.07, 6.45) is 9.50. The number of carbonyl (C=O) groups is 2. The zero-order valence-electron chi connectivity index (χ0n) is 20.6. The molecule has 6 atom stereocenters. The first-order chi connectivity index (χ1) is 15.4. The summed E-state index contributed by atoms with van der Waals surface area (Å²) in [5.41, 5.74) is 0. The van der Waals surface area contributed by atoms with E-state index in [1.54, 1.807) is 21.0 Å². The number of likely N-dealkylation sites (N-methyl/N-ethyl adjacent to an activating group) is 1. The van der Waals surface area contributed by atoms with Crippen molar-refractivity contribution in [2.45, 2.75) is 83.6 Å². The summed E-state index contributed by atoms with van der Waals surface area (Å²) < 4.78 is 17.2. The number of carbonyl (C=O) groups excluding carboxylic acids is 2. The van der Waals surface area contributed by atoms with Gasteiger partial charge in [0.1, 0.15) is 5.76 Å². The van der Waals surface area contributed by atoms with Crippen LogP contribution in [0.1, 0.15) is 53.4 Å². The minimum Gasteiger partial charge on any atom is -0.428 e. The van der Waals surface area contributed by atoms with E-state index in [2.05, 4.69) is 12.2 Å². The normalized spacial score (nSPS) is 28.8. The lowest BCUT2D eigenvalue weighted by atomic mass is 9.88. The predicted octanol–water partition coefficient (Wildman–Crippen LogP) is 2.70. The molecule has 1 aliphatic heterocycles. The highest BCUT2D eigenvalue weighted by atomic mass is 16.8. The number of amides is 1. The number of hydrogen-bond acceptors (Lipinski definition) is 7. The first-order valence-corrected chi connectivity index (χ1v) is 11.6. The van der Waals surface area contributed by atoms with E-state index in [-0.39, 0.29) is 41.8 Å². The summed E-state index contributed by atoms with van der Waals surface area (Å²) in [5.74, 6) is -1.75. The smallest absolute Gasteiger partial charge is 0.335 e. The second-order valence-electron chi connectivity index (χ2n) is 9.58. The van der Waals surface area contributed by atoms with Crippen LogP contribution in [0.3, 0.4) is 0 Å². The Hall–Kier alpha value is -2.00. The first kappa shape index (κ1) is 27.2. The van der Waals surface area contributed by atoms with Gasteiger partial charge in [-0.05, 0) is 65.4 Å². The molecule has 8 nitrogen and oxygen atoms in total. The number of esters is 1. The Balaban J connectivity index is 2.04. The van der Waals surface area contributed by atoms with E-state index in [0.29, 0.717) is 0 Å². The Morgan fingerprint density at radius 2 is 1.94 bits per heavy atom. The van der Waals surface area contributed by atoms with Crippen LogP contribution in [0.5, 0.6) is 0 Å². The van der Waals surface area contributed by atoms with Gasteiger partial charge in [0.05, 0.1) is 24.4 Å². The lowest BCUT2D eigenvalue weighted by Crippen LogP contribution is -2.34. The molecule has 2 aliphatic rings. The zero-order chi connectivity index (χ0) is 24.8. The number of ether oxygens (including phenoxy) is 3. The maximum absolute atomic E-state index is 12.2. The van der Waals surface area contributed by atoms with Crippen molar-refractivity contribution in [3.8, 4) is 0 Å². The summed E-state index contributed by atoms with van der Waals surface area (Å²) in [4.78, 5) is 25.2. The third-order valence-corrected chi connectivity index (χ3v) is 5.83. The van der Waals surface area contributed by atoms with Crippen molar-refractivity contribution in [2.75, 3.05) is 14.1 Å². The lowest BCUT2D eigenvalue weighted by Gasteiger charge is -2.27. The van der Waals surface area contributed by atoms with Crippen molar-refractivity contribution in [1.29, 1.82) is 0 Å². The quantitative estimate of drug-likeness (QED) is 0.168. The van der Waals surface area contributed by atoms with Gasteiger partial charge in [-0.15, -0.1) is 0 Å². The van der Waals surface area contributed by atoms with Crippen LogP contribution in [0.2, 0.25) is 0 Å². The third kappa shape index (κ3) is 8.37. The van der Waals surface area contributed by atoms with Crippen LogP contribution in [0.4, 0.5) is 0 Å². The van der Waals surface area contributed by atoms with Crippen molar-refractivity contribution < 1.29 is 34.0 Å². The Morgan fingerprint density at radius 1 is 1.24 bits per heavy atom. The van der Waals surface area contributed by atoms with E-state index in [0.717, 1.165) is 25.7 Å². The van der Waals surface area contributed by atoms with Crippen LogP contribution in [0, 0.1) is 11.8 Å². The van der Waals surface area contributed by atoms with E-state index >= 15 is 0 Å². The molecule has 1 saturated carbocycles. The minimum atomic E-state index is -0.940. The molecule has 1 amide bonds. The number of unbranched alkanes of at least 4 members (excludes halogenated alkanes) is 1. The fraction of sp³-hybridized carbons (Fsp3) is 0.680. The van der Waals surface area contributed by atoms with E-state index in [4.69, 9.17) is 14.2 Å². The molecule has 8 heteroatoms. The number of nitrogens with zero attached hydrogens (tertiary/aromatic N) is 1. The van der Waals surface area contributed by atoms with E-state index in [9.17, 15) is 19.8 Å². The molecule has 0 bridgehead atoms. The van der Waals surface area contributed by atoms with Gasteiger partial charge in [0.2, 0.25) is 5.91 Å². The molecule has 0 aromatic rings. The van der Waals surface area contributed by atoms with Gasteiger partial charge < -0.3 is 29.3 Å². The highest BCUT2D eigenvalue weighted by Crippen LogP contribution is 2.46. The van der Waals surface area contributed by atoms with Gasteiger partial charge in [-0.3, -0.25) is 4.79 Å². The summed E-state index contributed by atoms with van der Waals surface area (Å²) in [5, 5.41) is 20.3. The summed E-state index contributed by atoms with van der Waals surface area (Å²) in [6, 6.07) is 0. The second-order valence-corrected chi connectivity index (χ2v) is 9.58. The number of hydrogen-bond donors (Lipinski definition) is 2. The molecular weight excluding hydrogens is 426 g/mol. The molecule has 1 aliphatic carbocycles. The molecule has 2 N–H and O–H groups in total. The Kier molecular flexibility index (Phi) is 9.84. The number of aliphatic hydroxyl groups excluding tert-OH is 2. The Morgan fingerprint density at radius 3 is 2.58 bits per heavy atom. The number of fused-ring (bicyclic) bond motifs is 1. The minimum absolute atomic E-state index is 0.0256. The van der Waals surface area contributed by atoms with Gasteiger partial charge in [0.25, 0.3) is 0 Å². The zero-order valence-corrected chi connectivity index (χ0v) is 20.6. The molecule has 0 radical (unpaired) electrons. The molecular formula is C25H39NO7. The fourth-order valence-corrected chi connectivity index (χ4v) is 4.33. The van der Waals surface area contributed by atoms with Crippen molar-refractivity contribution in [2.24, 2.45) is 11.8 Å². The Bertz CT molecular complexity index is 769. The van der Waals surface area contributed by atoms with Gasteiger partial charge in [-0.1, -0.05) is 12.2 Å². The summed E-state index contributed by atoms with van der Waals surface area (Å²) in [6.45, 7) is 7.01. The van der Waals surface area contributed by atoms with E-state index < -0.39 is 17.9 Å². The fourth-order valence-electron chi connectivity index (χ4n) is 4.33. The standard InChI is InChI=1S/C25H39NO7/c1-16(27)10-8-7-9-11-18-15-20-24(33-25(3,4)32-20)23(18)19(28)12-13-22(30)31-17(2)14-21(29)26(5)6/h9,11-14,16,18-20,23-24,27-28H,7-8,10,15H2,1-6H3/b11-9+,13-12+,17-14+/t16-,18+,19?,20-,23+,24-/m0/s1. The van der Waals surface area contributed by atoms with E-state index in [1.807, 2.05) is 13.8 Å². The second kappa shape index (κ2) is 11.9. The highest BCUT2D eigenvalue weighted by Gasteiger charge is 2.54. The van der Waals surface area contributed by atoms with Gasteiger partial charge in [0.15, 0.2) is 5.79 Å². The molecule has 2 fully saturated rings. The molecule has 2 rings (SSSR count). The van der Waals surface area contributed by atoms with Gasteiger partial charge in [-0.25, -0.2) is 4.79 Å². The van der Waals surface area contributed by atoms with Crippen LogP contribution in [0.25, 0.3) is 0 Å². The van der Waals surface area contributed by atoms with Crippen LogP contribution >= 0.6 is 0 Å². The van der Waals surface area contributed by atoms with Crippen LogP contribution in [0.15, 0.2) is 36.1 Å². The van der Waals surface area contributed by atoms with Crippen molar-refractivity contribution in [3.05, 3.63) is 36.1 Å². The van der Waals surface area contributed by atoms with Crippen LogP contribution in [-0.2, 0) is 23.8 Å².